The molecule has 0 aromatic carbocycles. The van der Waals surface area contributed by atoms with E-state index in [9.17, 15) is 4.39 Å². The average molecular weight is 273 g/mol. The van der Waals surface area contributed by atoms with Crippen LogP contribution in [0.1, 0.15) is 51.0 Å². The van der Waals surface area contributed by atoms with Gasteiger partial charge < -0.3 is 0 Å². The van der Waals surface area contributed by atoms with Crippen LogP contribution in [0.25, 0.3) is 0 Å². The Morgan fingerprint density at radius 1 is 1.27 bits per heavy atom. The third-order valence-corrected chi connectivity index (χ3v) is 3.01. The molecule has 0 bridgehead atoms. The number of hydrogen-bond donors (Lipinski definition) is 0. The van der Waals surface area contributed by atoms with Gasteiger partial charge in [-0.1, -0.05) is 20.8 Å². The summed E-state index contributed by atoms with van der Waals surface area (Å²) in [6.07, 6.45) is 2.25. The largest absolute Gasteiger partial charge is 0.234 e. The molecule has 0 aliphatic heterocycles. The van der Waals surface area contributed by atoms with E-state index in [1.807, 2.05) is 20.8 Å². The zero-order valence-corrected chi connectivity index (χ0v) is 10.7. The highest BCUT2D eigenvalue weighted by Gasteiger charge is 2.31. The molecule has 1 aliphatic rings. The van der Waals surface area contributed by atoms with Crippen molar-refractivity contribution in [1.82, 2.24) is 9.97 Å². The van der Waals surface area contributed by atoms with Gasteiger partial charge in [0.15, 0.2) is 5.82 Å². The van der Waals surface area contributed by atoms with E-state index in [4.69, 9.17) is 0 Å². The smallest absolute Gasteiger partial charge is 0.177 e. The van der Waals surface area contributed by atoms with E-state index in [1.54, 1.807) is 0 Å². The number of aromatic nitrogens is 2. The van der Waals surface area contributed by atoms with Crippen molar-refractivity contribution in [2.24, 2.45) is 0 Å². The van der Waals surface area contributed by atoms with Gasteiger partial charge >= 0.3 is 0 Å². The highest BCUT2D eigenvalue weighted by atomic mass is 79.9. The third kappa shape index (κ3) is 2.19. The van der Waals surface area contributed by atoms with Crippen LogP contribution in [0.2, 0.25) is 0 Å². The van der Waals surface area contributed by atoms with Gasteiger partial charge in [0.05, 0.1) is 5.69 Å². The highest BCUT2D eigenvalue weighted by Crippen LogP contribution is 2.39. The van der Waals surface area contributed by atoms with Gasteiger partial charge in [0.2, 0.25) is 0 Å². The molecule has 0 spiro atoms. The van der Waals surface area contributed by atoms with Crippen LogP contribution in [0, 0.1) is 5.82 Å². The molecule has 2 nitrogen and oxygen atoms in total. The molecule has 4 heteroatoms. The Labute approximate surface area is 97.5 Å². The van der Waals surface area contributed by atoms with Crippen molar-refractivity contribution < 1.29 is 4.39 Å². The van der Waals surface area contributed by atoms with Gasteiger partial charge in [-0.15, -0.1) is 0 Å². The van der Waals surface area contributed by atoms with Gasteiger partial charge in [0.1, 0.15) is 10.4 Å². The molecular formula is C11H14BrFN2. The summed E-state index contributed by atoms with van der Waals surface area (Å²) in [6, 6.07) is 0. The molecule has 1 aromatic heterocycles. The van der Waals surface area contributed by atoms with E-state index < -0.39 is 0 Å². The molecule has 15 heavy (non-hydrogen) atoms. The Morgan fingerprint density at radius 2 is 1.87 bits per heavy atom. The first-order chi connectivity index (χ1) is 6.89. The monoisotopic (exact) mass is 272 g/mol. The number of hydrogen-bond acceptors (Lipinski definition) is 2. The molecule has 0 saturated heterocycles. The molecule has 0 radical (unpaired) electrons. The van der Waals surface area contributed by atoms with Crippen molar-refractivity contribution in [2.45, 2.75) is 44.9 Å². The first-order valence-corrected chi connectivity index (χ1v) is 5.92. The minimum absolute atomic E-state index is 0.279. The predicted octanol–water partition coefficient (Wildman–Crippen LogP) is 3.55. The second-order valence-electron chi connectivity index (χ2n) is 5.06. The van der Waals surface area contributed by atoms with E-state index in [2.05, 4.69) is 25.9 Å². The molecule has 1 fully saturated rings. The van der Waals surface area contributed by atoms with Crippen molar-refractivity contribution in [3.8, 4) is 0 Å². The summed E-state index contributed by atoms with van der Waals surface area (Å²) in [5.41, 5.74) is 0.227. The Kier molecular flexibility index (Phi) is 2.57. The maximum absolute atomic E-state index is 13.8. The predicted molar refractivity (Wildman–Crippen MR) is 60.4 cm³/mol. The van der Waals surface area contributed by atoms with E-state index in [1.165, 1.54) is 0 Å². The molecule has 1 aromatic rings. The van der Waals surface area contributed by atoms with Crippen LogP contribution >= 0.6 is 15.9 Å². The van der Waals surface area contributed by atoms with Gasteiger partial charge in [0.25, 0.3) is 0 Å². The maximum atomic E-state index is 13.8. The first kappa shape index (κ1) is 11.0. The molecule has 1 heterocycles. The minimum Gasteiger partial charge on any atom is -0.234 e. The number of halogens is 2. The molecule has 0 atom stereocenters. The fraction of sp³-hybridized carbons (Fsp3) is 0.636. The summed E-state index contributed by atoms with van der Waals surface area (Å²) >= 11 is 3.16. The summed E-state index contributed by atoms with van der Waals surface area (Å²) in [7, 11) is 0. The SMILES string of the molecule is CC(C)(C)c1nc(C2CC2)nc(Br)c1F. The maximum Gasteiger partial charge on any atom is 0.177 e. The van der Waals surface area contributed by atoms with Crippen LogP contribution in [-0.4, -0.2) is 9.97 Å². The lowest BCUT2D eigenvalue weighted by molar-refractivity contribution is 0.488. The van der Waals surface area contributed by atoms with Crippen LogP contribution < -0.4 is 0 Å². The van der Waals surface area contributed by atoms with Gasteiger partial charge in [-0.3, -0.25) is 0 Å². The average Bonchev–Trinajstić information content (AvgIpc) is 2.90. The second-order valence-corrected chi connectivity index (χ2v) is 5.81. The first-order valence-electron chi connectivity index (χ1n) is 5.13. The van der Waals surface area contributed by atoms with Crippen LogP contribution in [0.3, 0.4) is 0 Å². The Bertz CT molecular complexity index is 394. The Morgan fingerprint density at radius 3 is 2.33 bits per heavy atom. The van der Waals surface area contributed by atoms with Crippen molar-refractivity contribution in [3.05, 3.63) is 21.9 Å². The lowest BCUT2D eigenvalue weighted by Gasteiger charge is -2.19. The second kappa shape index (κ2) is 3.51. The van der Waals surface area contributed by atoms with Crippen molar-refractivity contribution >= 4 is 15.9 Å². The molecule has 0 unspecified atom stereocenters. The fourth-order valence-electron chi connectivity index (χ4n) is 1.46. The van der Waals surface area contributed by atoms with E-state index >= 15 is 0 Å². The lowest BCUT2D eigenvalue weighted by Crippen LogP contribution is -2.18. The Hall–Kier alpha value is -0.510. The van der Waals surface area contributed by atoms with Crippen LogP contribution in [-0.2, 0) is 5.41 Å². The lowest BCUT2D eigenvalue weighted by atomic mass is 9.91. The molecule has 82 valence electrons. The van der Waals surface area contributed by atoms with Crippen LogP contribution in [0.15, 0.2) is 4.60 Å². The standard InChI is InChI=1S/C11H14BrFN2/c1-11(2,3)8-7(13)9(12)15-10(14-8)6-4-5-6/h6H,4-5H2,1-3H3. The summed E-state index contributed by atoms with van der Waals surface area (Å²) in [6.45, 7) is 5.88. The van der Waals surface area contributed by atoms with Gasteiger partial charge in [-0.05, 0) is 28.8 Å². The van der Waals surface area contributed by atoms with E-state index in [-0.39, 0.29) is 11.2 Å². The van der Waals surface area contributed by atoms with Crippen molar-refractivity contribution in [3.63, 3.8) is 0 Å². The van der Waals surface area contributed by atoms with Gasteiger partial charge in [-0.2, -0.15) is 0 Å². The van der Waals surface area contributed by atoms with E-state index in [0.717, 1.165) is 18.7 Å². The normalized spacial score (nSPS) is 16.9. The zero-order chi connectivity index (χ0) is 11.2. The molecule has 1 aliphatic carbocycles. The van der Waals surface area contributed by atoms with Crippen molar-refractivity contribution in [1.29, 1.82) is 0 Å². The van der Waals surface area contributed by atoms with Crippen LogP contribution in [0.5, 0.6) is 0 Å². The summed E-state index contributed by atoms with van der Waals surface area (Å²) in [5, 5.41) is 0. The quantitative estimate of drug-likeness (QED) is 0.731. The molecular weight excluding hydrogens is 259 g/mol. The van der Waals surface area contributed by atoms with Crippen molar-refractivity contribution in [2.75, 3.05) is 0 Å². The third-order valence-electron chi connectivity index (χ3n) is 2.48. The van der Waals surface area contributed by atoms with E-state index in [0.29, 0.717) is 16.2 Å². The highest BCUT2D eigenvalue weighted by molar-refractivity contribution is 9.10. The molecule has 2 rings (SSSR count). The molecule has 0 N–H and O–H groups in total. The Balaban J connectivity index is 2.52. The summed E-state index contributed by atoms with van der Waals surface area (Å²) in [4.78, 5) is 8.49. The molecule has 1 saturated carbocycles. The topological polar surface area (TPSA) is 25.8 Å². The van der Waals surface area contributed by atoms with Gasteiger partial charge in [0, 0.05) is 11.3 Å². The van der Waals surface area contributed by atoms with Gasteiger partial charge in [-0.25, -0.2) is 14.4 Å². The summed E-state index contributed by atoms with van der Waals surface area (Å²) in [5.74, 6) is 0.906. The van der Waals surface area contributed by atoms with Crippen LogP contribution in [0.4, 0.5) is 4.39 Å². The summed E-state index contributed by atoms with van der Waals surface area (Å²) < 4.78 is 14.1. The zero-order valence-electron chi connectivity index (χ0n) is 9.14. The number of nitrogens with zero attached hydrogens (tertiary/aromatic N) is 2. The fourth-order valence-corrected chi connectivity index (χ4v) is 1.83. The number of rotatable bonds is 1. The minimum atomic E-state index is -0.327. The molecule has 0 amide bonds.